The van der Waals surface area contributed by atoms with Crippen molar-refractivity contribution in [2.45, 2.75) is 16.2 Å². The second-order valence-corrected chi connectivity index (χ2v) is 8.67. The van der Waals surface area contributed by atoms with Crippen molar-refractivity contribution < 1.29 is 8.42 Å². The van der Waals surface area contributed by atoms with Gasteiger partial charge in [-0.3, -0.25) is 0 Å². The number of nitrogens with two attached hydrogens (primary N) is 1. The lowest BCUT2D eigenvalue weighted by molar-refractivity contribution is 0.598. The van der Waals surface area contributed by atoms with Crippen LogP contribution in [0.25, 0.3) is 11.1 Å². The average molecular weight is 395 g/mol. The Bertz CT molecular complexity index is 1090. The normalized spacial score (nSPS) is 11.1. The van der Waals surface area contributed by atoms with Crippen molar-refractivity contribution in [1.82, 2.24) is 0 Å². The average Bonchev–Trinajstić information content (AvgIpc) is 2.68. The van der Waals surface area contributed by atoms with Crippen LogP contribution in [0, 0.1) is 11.3 Å². The maximum Gasteiger partial charge on any atom is 0.238 e. The van der Waals surface area contributed by atoms with E-state index < -0.39 is 10.0 Å². The first kappa shape index (κ1) is 19.2. The van der Waals surface area contributed by atoms with E-state index in [1.165, 1.54) is 11.6 Å². The zero-order chi connectivity index (χ0) is 19.3. The Hall–Kier alpha value is -2.59. The molecule has 0 heterocycles. The molecular weight excluding hydrogens is 376 g/mol. The Morgan fingerprint density at radius 2 is 1.70 bits per heavy atom. The molecule has 0 saturated carbocycles. The van der Waals surface area contributed by atoms with Gasteiger partial charge < -0.3 is 0 Å². The van der Waals surface area contributed by atoms with E-state index in [-0.39, 0.29) is 4.90 Å². The summed E-state index contributed by atoms with van der Waals surface area (Å²) in [6.07, 6.45) is 0.883. The van der Waals surface area contributed by atoms with Gasteiger partial charge in [-0.2, -0.15) is 5.26 Å². The molecule has 4 nitrogen and oxygen atoms in total. The molecule has 0 saturated heterocycles. The standard InChI is InChI=1S/C21H18N2O2S2/c22-15-17-10-8-16(9-11-17)12-13-26-19-5-3-4-18(14-19)20-6-1-2-7-21(20)27(23,24)25/h1-11,14H,12-13H2,(H2,23,24,25). The lowest BCUT2D eigenvalue weighted by Gasteiger charge is -2.09. The summed E-state index contributed by atoms with van der Waals surface area (Å²) in [5.41, 5.74) is 3.27. The highest BCUT2D eigenvalue weighted by atomic mass is 32.2. The van der Waals surface area contributed by atoms with E-state index in [0.717, 1.165) is 22.6 Å². The molecule has 136 valence electrons. The van der Waals surface area contributed by atoms with Crippen LogP contribution in [0.5, 0.6) is 0 Å². The van der Waals surface area contributed by atoms with Gasteiger partial charge in [0.15, 0.2) is 0 Å². The summed E-state index contributed by atoms with van der Waals surface area (Å²) in [5, 5.41) is 14.2. The Morgan fingerprint density at radius 3 is 2.41 bits per heavy atom. The smallest absolute Gasteiger partial charge is 0.225 e. The van der Waals surface area contributed by atoms with E-state index in [0.29, 0.717) is 11.1 Å². The summed E-state index contributed by atoms with van der Waals surface area (Å²) in [6.45, 7) is 0. The predicted octanol–water partition coefficient (Wildman–Crippen LogP) is 4.21. The van der Waals surface area contributed by atoms with Crippen LogP contribution in [0.15, 0.2) is 82.6 Å². The highest BCUT2D eigenvalue weighted by Crippen LogP contribution is 2.30. The van der Waals surface area contributed by atoms with Crippen LogP contribution in [0.1, 0.15) is 11.1 Å². The monoisotopic (exact) mass is 394 g/mol. The van der Waals surface area contributed by atoms with Crippen molar-refractivity contribution in [2.75, 3.05) is 5.75 Å². The van der Waals surface area contributed by atoms with E-state index in [1.54, 1.807) is 30.0 Å². The number of thioether (sulfide) groups is 1. The molecule has 0 amide bonds. The fourth-order valence-electron chi connectivity index (χ4n) is 2.74. The SMILES string of the molecule is N#Cc1ccc(CCSc2cccc(-c3ccccc3S(N)(=O)=O)c2)cc1. The Morgan fingerprint density at radius 1 is 0.963 bits per heavy atom. The summed E-state index contributed by atoms with van der Waals surface area (Å²) >= 11 is 1.70. The van der Waals surface area contributed by atoms with Crippen LogP contribution in [0.3, 0.4) is 0 Å². The molecule has 0 unspecified atom stereocenters. The van der Waals surface area contributed by atoms with Gasteiger partial charge in [0.25, 0.3) is 0 Å². The van der Waals surface area contributed by atoms with Gasteiger partial charge in [-0.25, -0.2) is 13.6 Å². The van der Waals surface area contributed by atoms with Crippen LogP contribution in [-0.4, -0.2) is 14.2 Å². The molecule has 0 aliphatic heterocycles. The van der Waals surface area contributed by atoms with E-state index in [9.17, 15) is 8.42 Å². The molecular formula is C21H18N2O2S2. The highest BCUT2D eigenvalue weighted by Gasteiger charge is 2.14. The fraction of sp³-hybridized carbons (Fsp3) is 0.0952. The predicted molar refractivity (Wildman–Crippen MR) is 109 cm³/mol. The van der Waals surface area contributed by atoms with Crippen LogP contribution >= 0.6 is 11.8 Å². The molecule has 3 aromatic rings. The van der Waals surface area contributed by atoms with Gasteiger partial charge in [0.2, 0.25) is 10.0 Å². The van der Waals surface area contributed by atoms with Crippen LogP contribution in [0.2, 0.25) is 0 Å². The molecule has 0 aromatic heterocycles. The number of nitriles is 1. The van der Waals surface area contributed by atoms with E-state index >= 15 is 0 Å². The van der Waals surface area contributed by atoms with E-state index in [2.05, 4.69) is 6.07 Å². The molecule has 0 aliphatic carbocycles. The first-order valence-electron chi connectivity index (χ1n) is 8.31. The second-order valence-electron chi connectivity index (χ2n) is 5.98. The second kappa shape index (κ2) is 8.40. The molecule has 2 N–H and O–H groups in total. The Labute approximate surface area is 163 Å². The lowest BCUT2D eigenvalue weighted by atomic mass is 10.1. The molecule has 0 fully saturated rings. The number of primary sulfonamides is 1. The van der Waals surface area contributed by atoms with Gasteiger partial charge in [-0.15, -0.1) is 11.8 Å². The molecule has 6 heteroatoms. The highest BCUT2D eigenvalue weighted by molar-refractivity contribution is 7.99. The van der Waals surface area contributed by atoms with Gasteiger partial charge in [0.1, 0.15) is 0 Å². The van der Waals surface area contributed by atoms with Crippen molar-refractivity contribution in [1.29, 1.82) is 5.26 Å². The van der Waals surface area contributed by atoms with Crippen LogP contribution in [-0.2, 0) is 16.4 Å². The van der Waals surface area contributed by atoms with Gasteiger partial charge in [0, 0.05) is 16.2 Å². The molecule has 0 radical (unpaired) electrons. The molecule has 0 bridgehead atoms. The number of rotatable bonds is 6. The lowest BCUT2D eigenvalue weighted by Crippen LogP contribution is -2.13. The number of benzene rings is 3. The number of sulfonamides is 1. The first-order valence-corrected chi connectivity index (χ1v) is 10.8. The van der Waals surface area contributed by atoms with E-state index in [4.69, 9.17) is 10.4 Å². The van der Waals surface area contributed by atoms with Crippen molar-refractivity contribution in [3.05, 3.63) is 83.9 Å². The number of nitrogens with zero attached hydrogens (tertiary/aromatic N) is 1. The molecule has 3 rings (SSSR count). The Kier molecular flexibility index (Phi) is 5.97. The van der Waals surface area contributed by atoms with Crippen LogP contribution in [0.4, 0.5) is 0 Å². The summed E-state index contributed by atoms with van der Waals surface area (Å²) in [4.78, 5) is 1.19. The van der Waals surface area contributed by atoms with E-state index in [1.807, 2.05) is 48.5 Å². The summed E-state index contributed by atoms with van der Waals surface area (Å²) in [7, 11) is -3.78. The minimum absolute atomic E-state index is 0.129. The molecule has 3 aromatic carbocycles. The third-order valence-corrected chi connectivity index (χ3v) is 6.05. The third kappa shape index (κ3) is 4.98. The maximum absolute atomic E-state index is 11.8. The topological polar surface area (TPSA) is 83.9 Å². The van der Waals surface area contributed by atoms with Gasteiger partial charge in [-0.1, -0.05) is 42.5 Å². The number of hydrogen-bond acceptors (Lipinski definition) is 4. The molecule has 0 atom stereocenters. The largest absolute Gasteiger partial charge is 0.238 e. The van der Waals surface area contributed by atoms with Gasteiger partial charge in [0.05, 0.1) is 16.5 Å². The minimum Gasteiger partial charge on any atom is -0.225 e. The maximum atomic E-state index is 11.8. The first-order chi connectivity index (χ1) is 13.0. The van der Waals surface area contributed by atoms with Crippen molar-refractivity contribution in [3.63, 3.8) is 0 Å². The fourth-order valence-corrected chi connectivity index (χ4v) is 4.46. The number of hydrogen-bond donors (Lipinski definition) is 1. The molecule has 0 aliphatic rings. The molecule has 27 heavy (non-hydrogen) atoms. The van der Waals surface area contributed by atoms with Crippen molar-refractivity contribution in [2.24, 2.45) is 5.14 Å². The minimum atomic E-state index is -3.78. The van der Waals surface area contributed by atoms with Gasteiger partial charge >= 0.3 is 0 Å². The Balaban J connectivity index is 1.74. The number of aryl methyl sites for hydroxylation is 1. The van der Waals surface area contributed by atoms with Crippen LogP contribution < -0.4 is 5.14 Å². The van der Waals surface area contributed by atoms with Crippen molar-refractivity contribution in [3.8, 4) is 17.2 Å². The quantitative estimate of drug-likeness (QED) is 0.635. The zero-order valence-electron chi connectivity index (χ0n) is 14.5. The summed E-state index contributed by atoms with van der Waals surface area (Å²) < 4.78 is 23.7. The van der Waals surface area contributed by atoms with Gasteiger partial charge in [-0.05, 0) is 47.9 Å². The zero-order valence-corrected chi connectivity index (χ0v) is 16.1. The molecule has 0 spiro atoms. The third-order valence-electron chi connectivity index (χ3n) is 4.08. The van der Waals surface area contributed by atoms with Crippen molar-refractivity contribution >= 4 is 21.8 Å². The summed E-state index contributed by atoms with van der Waals surface area (Å²) in [5.74, 6) is 0.881. The summed E-state index contributed by atoms with van der Waals surface area (Å²) in [6, 6.07) is 24.2.